The van der Waals surface area contributed by atoms with Crippen molar-refractivity contribution in [3.8, 4) is 0 Å². The molecule has 4 atom stereocenters. The van der Waals surface area contributed by atoms with E-state index in [1.54, 1.807) is 0 Å². The van der Waals surface area contributed by atoms with Gasteiger partial charge in [-0.05, 0) is 42.9 Å². The molecule has 0 bridgehead atoms. The largest absolute Gasteiger partial charge is 0.327 e. The summed E-state index contributed by atoms with van der Waals surface area (Å²) in [5.41, 5.74) is 6.10. The van der Waals surface area contributed by atoms with Gasteiger partial charge in [0.2, 0.25) is 0 Å². The number of hydrogen-bond donors (Lipinski definition) is 1. The maximum Gasteiger partial charge on any atom is 0.00619 e. The summed E-state index contributed by atoms with van der Waals surface area (Å²) in [5.74, 6) is 3.48. The second-order valence-electron chi connectivity index (χ2n) is 6.12. The molecule has 0 radical (unpaired) electrons. The van der Waals surface area contributed by atoms with Crippen LogP contribution < -0.4 is 5.73 Å². The maximum atomic E-state index is 6.10. The van der Waals surface area contributed by atoms with Crippen LogP contribution in [0, 0.1) is 23.7 Å². The first kappa shape index (κ1) is 13.0. The predicted octanol–water partition coefficient (Wildman–Crippen LogP) is 3.82. The molecule has 2 N–H and O–H groups in total. The first-order valence-corrected chi connectivity index (χ1v) is 6.76. The molecule has 4 unspecified atom stereocenters. The smallest absolute Gasteiger partial charge is 0.00619 e. The Kier molecular flexibility index (Phi) is 5.11. The SMILES string of the molecule is CC(C)C(N)CCC1CCC(C)C(C)C1. The average Bonchev–Trinajstić information content (AvgIpc) is 2.19. The zero-order chi connectivity index (χ0) is 11.4. The molecule has 0 amide bonds. The molecule has 1 aliphatic carbocycles. The lowest BCUT2D eigenvalue weighted by Crippen LogP contribution is -2.28. The van der Waals surface area contributed by atoms with Crippen molar-refractivity contribution in [1.29, 1.82) is 0 Å². The van der Waals surface area contributed by atoms with E-state index in [0.29, 0.717) is 12.0 Å². The van der Waals surface area contributed by atoms with E-state index in [1.165, 1.54) is 32.1 Å². The van der Waals surface area contributed by atoms with E-state index >= 15 is 0 Å². The van der Waals surface area contributed by atoms with Crippen molar-refractivity contribution >= 4 is 0 Å². The van der Waals surface area contributed by atoms with Crippen LogP contribution in [0.25, 0.3) is 0 Å². The number of rotatable bonds is 4. The molecule has 0 saturated heterocycles. The fourth-order valence-corrected chi connectivity index (χ4v) is 2.68. The summed E-state index contributed by atoms with van der Waals surface area (Å²) >= 11 is 0. The van der Waals surface area contributed by atoms with Crippen LogP contribution >= 0.6 is 0 Å². The molecule has 1 fully saturated rings. The first-order chi connectivity index (χ1) is 7.00. The van der Waals surface area contributed by atoms with Crippen LogP contribution in [0.3, 0.4) is 0 Å². The van der Waals surface area contributed by atoms with Crippen molar-refractivity contribution in [3.63, 3.8) is 0 Å². The van der Waals surface area contributed by atoms with E-state index in [0.717, 1.165) is 17.8 Å². The summed E-state index contributed by atoms with van der Waals surface area (Å²) in [4.78, 5) is 0. The number of hydrogen-bond acceptors (Lipinski definition) is 1. The maximum absolute atomic E-state index is 6.10. The molecule has 0 aliphatic heterocycles. The monoisotopic (exact) mass is 211 g/mol. The zero-order valence-electron chi connectivity index (χ0n) is 11.0. The van der Waals surface area contributed by atoms with Crippen LogP contribution in [-0.2, 0) is 0 Å². The molecule has 0 aromatic rings. The summed E-state index contributed by atoms with van der Waals surface area (Å²) in [7, 11) is 0. The Balaban J connectivity index is 2.22. The molecular formula is C14H29N. The summed E-state index contributed by atoms with van der Waals surface area (Å²) in [6.45, 7) is 9.28. The van der Waals surface area contributed by atoms with Crippen molar-refractivity contribution in [3.05, 3.63) is 0 Å². The van der Waals surface area contributed by atoms with Crippen LogP contribution in [-0.4, -0.2) is 6.04 Å². The topological polar surface area (TPSA) is 26.0 Å². The van der Waals surface area contributed by atoms with Crippen LogP contribution in [0.15, 0.2) is 0 Å². The molecule has 15 heavy (non-hydrogen) atoms. The number of nitrogens with two attached hydrogens (primary N) is 1. The van der Waals surface area contributed by atoms with Crippen LogP contribution in [0.1, 0.15) is 59.8 Å². The lowest BCUT2D eigenvalue weighted by atomic mass is 9.74. The standard InChI is InChI=1S/C14H29N/c1-10(2)14(15)8-7-13-6-5-11(3)12(4)9-13/h10-14H,5-9,15H2,1-4H3. The Hall–Kier alpha value is -0.0400. The van der Waals surface area contributed by atoms with E-state index in [2.05, 4.69) is 27.7 Å². The molecule has 1 aliphatic rings. The minimum atomic E-state index is 0.416. The van der Waals surface area contributed by atoms with Crippen LogP contribution in [0.4, 0.5) is 0 Å². The van der Waals surface area contributed by atoms with Gasteiger partial charge in [-0.2, -0.15) is 0 Å². The summed E-state index contributed by atoms with van der Waals surface area (Å²) in [6, 6.07) is 0.416. The highest BCUT2D eigenvalue weighted by Crippen LogP contribution is 2.35. The van der Waals surface area contributed by atoms with E-state index in [4.69, 9.17) is 5.73 Å². The molecule has 1 heteroatoms. The van der Waals surface area contributed by atoms with Crippen molar-refractivity contribution in [2.75, 3.05) is 0 Å². The van der Waals surface area contributed by atoms with Gasteiger partial charge in [0.15, 0.2) is 0 Å². The minimum Gasteiger partial charge on any atom is -0.327 e. The Morgan fingerprint density at radius 2 is 1.80 bits per heavy atom. The molecule has 0 heterocycles. The van der Waals surface area contributed by atoms with E-state index in [-0.39, 0.29) is 0 Å². The molecule has 0 spiro atoms. The highest BCUT2D eigenvalue weighted by atomic mass is 14.6. The van der Waals surface area contributed by atoms with E-state index in [1.807, 2.05) is 0 Å². The second kappa shape index (κ2) is 5.89. The van der Waals surface area contributed by atoms with Gasteiger partial charge in [-0.1, -0.05) is 40.5 Å². The van der Waals surface area contributed by atoms with Gasteiger partial charge in [0.05, 0.1) is 0 Å². The molecule has 0 aromatic carbocycles. The second-order valence-corrected chi connectivity index (χ2v) is 6.12. The Morgan fingerprint density at radius 1 is 1.13 bits per heavy atom. The molecule has 1 saturated carbocycles. The highest BCUT2D eigenvalue weighted by Gasteiger charge is 2.24. The van der Waals surface area contributed by atoms with Gasteiger partial charge < -0.3 is 5.73 Å². The van der Waals surface area contributed by atoms with Gasteiger partial charge in [-0.25, -0.2) is 0 Å². The fraction of sp³-hybridized carbons (Fsp3) is 1.00. The lowest BCUT2D eigenvalue weighted by molar-refractivity contribution is 0.193. The third kappa shape index (κ3) is 4.14. The molecule has 0 aromatic heterocycles. The van der Waals surface area contributed by atoms with Crippen LogP contribution in [0.2, 0.25) is 0 Å². The minimum absolute atomic E-state index is 0.416. The van der Waals surface area contributed by atoms with Gasteiger partial charge in [0.1, 0.15) is 0 Å². The fourth-order valence-electron chi connectivity index (χ4n) is 2.68. The van der Waals surface area contributed by atoms with Gasteiger partial charge >= 0.3 is 0 Å². The summed E-state index contributed by atoms with van der Waals surface area (Å²) in [5, 5.41) is 0. The third-order valence-electron chi connectivity index (χ3n) is 4.47. The van der Waals surface area contributed by atoms with Gasteiger partial charge in [0.25, 0.3) is 0 Å². The molecule has 1 rings (SSSR count). The molecular weight excluding hydrogens is 182 g/mol. The van der Waals surface area contributed by atoms with Gasteiger partial charge in [-0.15, -0.1) is 0 Å². The lowest BCUT2D eigenvalue weighted by Gasteiger charge is -2.32. The summed E-state index contributed by atoms with van der Waals surface area (Å²) in [6.07, 6.45) is 6.89. The average molecular weight is 211 g/mol. The quantitative estimate of drug-likeness (QED) is 0.751. The van der Waals surface area contributed by atoms with Crippen molar-refractivity contribution in [2.24, 2.45) is 29.4 Å². The highest BCUT2D eigenvalue weighted by molar-refractivity contribution is 4.77. The third-order valence-corrected chi connectivity index (χ3v) is 4.47. The Bertz CT molecular complexity index is 176. The Labute approximate surface area is 95.8 Å². The predicted molar refractivity (Wildman–Crippen MR) is 67.7 cm³/mol. The van der Waals surface area contributed by atoms with E-state index < -0.39 is 0 Å². The van der Waals surface area contributed by atoms with Gasteiger partial charge in [-0.3, -0.25) is 0 Å². The normalized spacial score (nSPS) is 34.4. The van der Waals surface area contributed by atoms with Crippen molar-refractivity contribution in [1.82, 2.24) is 0 Å². The van der Waals surface area contributed by atoms with Gasteiger partial charge in [0, 0.05) is 6.04 Å². The zero-order valence-corrected chi connectivity index (χ0v) is 11.0. The van der Waals surface area contributed by atoms with Crippen molar-refractivity contribution < 1.29 is 0 Å². The summed E-state index contributed by atoms with van der Waals surface area (Å²) < 4.78 is 0. The van der Waals surface area contributed by atoms with E-state index in [9.17, 15) is 0 Å². The van der Waals surface area contributed by atoms with Crippen molar-refractivity contribution in [2.45, 2.75) is 65.8 Å². The molecule has 1 nitrogen and oxygen atoms in total. The van der Waals surface area contributed by atoms with Crippen LogP contribution in [0.5, 0.6) is 0 Å². The molecule has 90 valence electrons. The Morgan fingerprint density at radius 3 is 2.33 bits per heavy atom. The first-order valence-electron chi connectivity index (χ1n) is 6.76.